The van der Waals surface area contributed by atoms with E-state index in [0.29, 0.717) is 17.0 Å². The topological polar surface area (TPSA) is 57.5 Å². The Kier molecular flexibility index (Phi) is 4.54. The molecule has 0 spiro atoms. The molecule has 3 rings (SSSR count). The number of para-hydroxylation sites is 1. The molecule has 0 radical (unpaired) electrons. The van der Waals surface area contributed by atoms with Gasteiger partial charge in [0.2, 0.25) is 0 Å². The van der Waals surface area contributed by atoms with Gasteiger partial charge >= 0.3 is 5.97 Å². The van der Waals surface area contributed by atoms with E-state index in [4.69, 9.17) is 16.7 Å². The van der Waals surface area contributed by atoms with Crippen molar-refractivity contribution in [3.63, 3.8) is 0 Å². The summed E-state index contributed by atoms with van der Waals surface area (Å²) >= 11 is 6.22. The minimum Gasteiger partial charge on any atom is -0.507 e. The normalized spacial score (nSPS) is 10.5. The third-order valence-electron chi connectivity index (χ3n) is 3.88. The SMILES string of the molecule is O=C(O)c1ccc(Cc2cccc(-c3ccccc3Cl)c2O)cc1. The van der Waals surface area contributed by atoms with Crippen LogP contribution in [0.25, 0.3) is 11.1 Å². The molecule has 0 unspecified atom stereocenters. The van der Waals surface area contributed by atoms with E-state index in [-0.39, 0.29) is 11.3 Å². The lowest BCUT2D eigenvalue weighted by atomic mass is 9.97. The van der Waals surface area contributed by atoms with Crippen LogP contribution in [0.5, 0.6) is 5.75 Å². The van der Waals surface area contributed by atoms with Gasteiger partial charge in [0, 0.05) is 22.6 Å². The number of halogens is 1. The highest BCUT2D eigenvalue weighted by molar-refractivity contribution is 6.33. The molecule has 0 aliphatic rings. The molecule has 2 N–H and O–H groups in total. The molecule has 3 aromatic rings. The van der Waals surface area contributed by atoms with Crippen molar-refractivity contribution in [2.75, 3.05) is 0 Å². The Bertz CT molecular complexity index is 886. The smallest absolute Gasteiger partial charge is 0.335 e. The summed E-state index contributed by atoms with van der Waals surface area (Å²) in [6.45, 7) is 0. The highest BCUT2D eigenvalue weighted by atomic mass is 35.5. The fourth-order valence-corrected chi connectivity index (χ4v) is 2.85. The molecule has 0 saturated heterocycles. The van der Waals surface area contributed by atoms with Gasteiger partial charge in [0.1, 0.15) is 5.75 Å². The number of phenols is 1. The summed E-state index contributed by atoms with van der Waals surface area (Å²) in [5.41, 5.74) is 3.38. The van der Waals surface area contributed by atoms with E-state index in [1.807, 2.05) is 36.4 Å². The van der Waals surface area contributed by atoms with Crippen LogP contribution in [-0.2, 0) is 6.42 Å². The van der Waals surface area contributed by atoms with Crippen LogP contribution in [0.15, 0.2) is 66.7 Å². The Morgan fingerprint density at radius 1 is 0.875 bits per heavy atom. The molecule has 0 atom stereocenters. The van der Waals surface area contributed by atoms with E-state index in [2.05, 4.69) is 0 Å². The molecular formula is C20H15ClO3. The van der Waals surface area contributed by atoms with Crippen molar-refractivity contribution < 1.29 is 15.0 Å². The second-order valence-electron chi connectivity index (χ2n) is 5.47. The Morgan fingerprint density at radius 2 is 1.54 bits per heavy atom. The van der Waals surface area contributed by atoms with Gasteiger partial charge in [0.05, 0.1) is 5.56 Å². The Morgan fingerprint density at radius 3 is 2.21 bits per heavy atom. The predicted molar refractivity (Wildman–Crippen MR) is 94.8 cm³/mol. The fourth-order valence-electron chi connectivity index (χ4n) is 2.62. The summed E-state index contributed by atoms with van der Waals surface area (Å²) in [5.74, 6) is -0.766. The summed E-state index contributed by atoms with van der Waals surface area (Å²) in [4.78, 5) is 10.9. The van der Waals surface area contributed by atoms with Gasteiger partial charge in [0.15, 0.2) is 0 Å². The molecule has 120 valence electrons. The molecular weight excluding hydrogens is 324 g/mol. The number of phenolic OH excluding ortho intramolecular Hbond substituents is 1. The van der Waals surface area contributed by atoms with E-state index in [0.717, 1.165) is 16.7 Å². The highest BCUT2D eigenvalue weighted by Gasteiger charge is 2.12. The Labute approximate surface area is 144 Å². The minimum absolute atomic E-state index is 0.188. The number of aromatic hydroxyl groups is 1. The molecule has 0 bridgehead atoms. The first-order chi connectivity index (χ1) is 11.6. The van der Waals surface area contributed by atoms with E-state index in [1.165, 1.54) is 0 Å². The summed E-state index contributed by atoms with van der Waals surface area (Å²) in [6, 6.07) is 19.5. The molecule has 0 saturated carbocycles. The molecule has 0 aliphatic heterocycles. The van der Waals surface area contributed by atoms with Crippen LogP contribution >= 0.6 is 11.6 Å². The van der Waals surface area contributed by atoms with Crippen molar-refractivity contribution in [1.82, 2.24) is 0 Å². The van der Waals surface area contributed by atoms with Crippen LogP contribution in [0.4, 0.5) is 0 Å². The van der Waals surface area contributed by atoms with E-state index in [9.17, 15) is 9.90 Å². The first kappa shape index (κ1) is 16.1. The highest BCUT2D eigenvalue weighted by Crippen LogP contribution is 2.36. The third kappa shape index (κ3) is 3.26. The number of aromatic carboxylic acids is 1. The van der Waals surface area contributed by atoms with Gasteiger partial charge in [0.25, 0.3) is 0 Å². The largest absolute Gasteiger partial charge is 0.507 e. The van der Waals surface area contributed by atoms with Gasteiger partial charge < -0.3 is 10.2 Å². The van der Waals surface area contributed by atoms with Gasteiger partial charge in [-0.3, -0.25) is 0 Å². The summed E-state index contributed by atoms with van der Waals surface area (Å²) in [6.07, 6.45) is 0.504. The summed E-state index contributed by atoms with van der Waals surface area (Å²) in [7, 11) is 0. The maximum atomic E-state index is 10.9. The van der Waals surface area contributed by atoms with Gasteiger partial charge in [-0.05, 0) is 29.3 Å². The molecule has 0 amide bonds. The number of carboxylic acids is 1. The lowest BCUT2D eigenvalue weighted by Crippen LogP contribution is -1.97. The zero-order valence-corrected chi connectivity index (χ0v) is 13.5. The first-order valence-electron chi connectivity index (χ1n) is 7.44. The average molecular weight is 339 g/mol. The van der Waals surface area contributed by atoms with Crippen LogP contribution in [-0.4, -0.2) is 16.2 Å². The lowest BCUT2D eigenvalue weighted by molar-refractivity contribution is 0.0697. The zero-order chi connectivity index (χ0) is 17.1. The second kappa shape index (κ2) is 6.77. The Hall–Kier alpha value is -2.78. The molecule has 0 heterocycles. The molecule has 0 aliphatic carbocycles. The van der Waals surface area contributed by atoms with Crippen molar-refractivity contribution in [1.29, 1.82) is 0 Å². The van der Waals surface area contributed by atoms with Crippen molar-refractivity contribution in [2.24, 2.45) is 0 Å². The van der Waals surface area contributed by atoms with E-state index < -0.39 is 5.97 Å². The van der Waals surface area contributed by atoms with Crippen molar-refractivity contribution in [3.8, 4) is 16.9 Å². The molecule has 0 aromatic heterocycles. The van der Waals surface area contributed by atoms with Gasteiger partial charge in [-0.15, -0.1) is 0 Å². The van der Waals surface area contributed by atoms with Crippen LogP contribution in [0.1, 0.15) is 21.5 Å². The third-order valence-corrected chi connectivity index (χ3v) is 4.21. The van der Waals surface area contributed by atoms with E-state index in [1.54, 1.807) is 30.3 Å². The quantitative estimate of drug-likeness (QED) is 0.703. The Balaban J connectivity index is 1.94. The van der Waals surface area contributed by atoms with Gasteiger partial charge in [-0.2, -0.15) is 0 Å². The van der Waals surface area contributed by atoms with Crippen LogP contribution < -0.4 is 0 Å². The number of carbonyl (C=O) groups is 1. The molecule has 4 heteroatoms. The number of hydrogen-bond donors (Lipinski definition) is 2. The van der Waals surface area contributed by atoms with Gasteiger partial charge in [-0.25, -0.2) is 4.79 Å². The standard InChI is InChI=1S/C20H15ClO3/c21-18-7-2-1-5-16(18)17-6-3-4-15(19(17)22)12-13-8-10-14(11-9-13)20(23)24/h1-11,22H,12H2,(H,23,24). The van der Waals surface area contributed by atoms with Crippen LogP contribution in [0.3, 0.4) is 0 Å². The number of rotatable bonds is 4. The van der Waals surface area contributed by atoms with Crippen molar-refractivity contribution in [3.05, 3.63) is 88.4 Å². The summed E-state index contributed by atoms with van der Waals surface area (Å²) < 4.78 is 0. The van der Waals surface area contributed by atoms with E-state index >= 15 is 0 Å². The molecule has 3 aromatic carbocycles. The first-order valence-corrected chi connectivity index (χ1v) is 7.82. The minimum atomic E-state index is -0.954. The molecule has 0 fully saturated rings. The van der Waals surface area contributed by atoms with Gasteiger partial charge in [-0.1, -0.05) is 60.1 Å². The second-order valence-corrected chi connectivity index (χ2v) is 5.88. The van der Waals surface area contributed by atoms with Crippen LogP contribution in [0.2, 0.25) is 5.02 Å². The van der Waals surface area contributed by atoms with Crippen molar-refractivity contribution in [2.45, 2.75) is 6.42 Å². The number of hydrogen-bond acceptors (Lipinski definition) is 2. The molecule has 24 heavy (non-hydrogen) atoms. The lowest BCUT2D eigenvalue weighted by Gasteiger charge is -2.11. The van der Waals surface area contributed by atoms with Crippen molar-refractivity contribution >= 4 is 17.6 Å². The number of benzene rings is 3. The molecule has 3 nitrogen and oxygen atoms in total. The predicted octanol–water partition coefficient (Wildman–Crippen LogP) is 5.00. The maximum Gasteiger partial charge on any atom is 0.335 e. The number of carboxylic acid groups (broad SMARTS) is 1. The maximum absolute atomic E-state index is 10.9. The monoisotopic (exact) mass is 338 g/mol. The summed E-state index contributed by atoms with van der Waals surface area (Å²) in [5, 5.41) is 20.1. The average Bonchev–Trinajstić information content (AvgIpc) is 2.58. The zero-order valence-electron chi connectivity index (χ0n) is 12.7. The van der Waals surface area contributed by atoms with Crippen LogP contribution in [0, 0.1) is 0 Å². The fraction of sp³-hybridized carbons (Fsp3) is 0.0500.